The Morgan fingerprint density at radius 3 is 2.77 bits per heavy atom. The van der Waals surface area contributed by atoms with Gasteiger partial charge in [-0.25, -0.2) is 4.98 Å². The Morgan fingerprint density at radius 2 is 2.00 bits per heavy atom. The first kappa shape index (κ1) is 15.6. The summed E-state index contributed by atoms with van der Waals surface area (Å²) in [5, 5.41) is 19.4. The molecule has 2 aromatic heterocycles. The number of ether oxygens (including phenoxy) is 1. The van der Waals surface area contributed by atoms with E-state index >= 15 is 0 Å². The van der Waals surface area contributed by atoms with Crippen LogP contribution < -0.4 is 4.74 Å². The topological polar surface area (TPSA) is 92.4 Å². The van der Waals surface area contributed by atoms with Crippen molar-refractivity contribution in [2.24, 2.45) is 0 Å². The lowest BCUT2D eigenvalue weighted by atomic mass is 10.1. The zero-order valence-corrected chi connectivity index (χ0v) is 13.7. The third-order valence-electron chi connectivity index (χ3n) is 3.90. The van der Waals surface area contributed by atoms with Crippen LogP contribution in [0, 0.1) is 11.3 Å². The fourth-order valence-electron chi connectivity index (χ4n) is 2.61. The van der Waals surface area contributed by atoms with E-state index in [1.165, 1.54) is 0 Å². The van der Waals surface area contributed by atoms with Crippen molar-refractivity contribution in [3.8, 4) is 28.8 Å². The van der Waals surface area contributed by atoms with Gasteiger partial charge in [-0.15, -0.1) is 5.10 Å². The summed E-state index contributed by atoms with van der Waals surface area (Å²) in [5.41, 5.74) is 3.64. The van der Waals surface area contributed by atoms with Gasteiger partial charge in [-0.3, -0.25) is 0 Å². The fourth-order valence-corrected chi connectivity index (χ4v) is 2.61. The van der Waals surface area contributed by atoms with Gasteiger partial charge in [0.2, 0.25) is 0 Å². The Bertz CT molecular complexity index is 1040. The third-order valence-corrected chi connectivity index (χ3v) is 3.90. The van der Waals surface area contributed by atoms with E-state index in [1.807, 2.05) is 65.4 Å². The van der Waals surface area contributed by atoms with Crippen LogP contribution in [-0.4, -0.2) is 25.0 Å². The minimum atomic E-state index is 0.276. The first-order valence-electron chi connectivity index (χ1n) is 7.95. The predicted molar refractivity (Wildman–Crippen MR) is 94.4 cm³/mol. The summed E-state index contributed by atoms with van der Waals surface area (Å²) >= 11 is 0. The lowest BCUT2D eigenvalue weighted by Gasteiger charge is -2.08. The zero-order chi connectivity index (χ0) is 17.8. The molecule has 0 spiro atoms. The highest BCUT2D eigenvalue weighted by Gasteiger charge is 2.10. The summed E-state index contributed by atoms with van der Waals surface area (Å²) in [6.45, 7) is 0.415. The quantitative estimate of drug-likeness (QED) is 0.601. The van der Waals surface area contributed by atoms with Crippen molar-refractivity contribution in [2.75, 3.05) is 0 Å². The molecule has 4 rings (SSSR count). The molecular formula is C19H14N6O. The van der Waals surface area contributed by atoms with Gasteiger partial charge in [-0.05, 0) is 35.9 Å². The van der Waals surface area contributed by atoms with E-state index in [1.54, 1.807) is 12.5 Å². The van der Waals surface area contributed by atoms with Crippen LogP contribution in [0.2, 0.25) is 0 Å². The van der Waals surface area contributed by atoms with Gasteiger partial charge in [-0.2, -0.15) is 15.6 Å². The predicted octanol–water partition coefficient (Wildman–Crippen LogP) is 3.11. The zero-order valence-electron chi connectivity index (χ0n) is 13.7. The SMILES string of the molecule is N#Cc1n[nH]nc1-c1cccc(COc2ccc(-n3ccnc3)cc2)c1. The Morgan fingerprint density at radius 1 is 1.12 bits per heavy atom. The van der Waals surface area contributed by atoms with E-state index in [9.17, 15) is 0 Å². The smallest absolute Gasteiger partial charge is 0.190 e. The van der Waals surface area contributed by atoms with Gasteiger partial charge in [0.1, 0.15) is 24.1 Å². The normalized spacial score (nSPS) is 10.4. The molecule has 2 aromatic carbocycles. The second-order valence-corrected chi connectivity index (χ2v) is 5.59. The highest BCUT2D eigenvalue weighted by molar-refractivity contribution is 5.64. The average molecular weight is 342 g/mol. The van der Waals surface area contributed by atoms with E-state index < -0.39 is 0 Å². The number of hydrogen-bond donors (Lipinski definition) is 1. The maximum atomic E-state index is 9.08. The van der Waals surface area contributed by atoms with Gasteiger partial charge in [0.05, 0.1) is 6.33 Å². The second-order valence-electron chi connectivity index (χ2n) is 5.59. The van der Waals surface area contributed by atoms with Crippen molar-refractivity contribution in [3.63, 3.8) is 0 Å². The molecule has 0 fully saturated rings. The monoisotopic (exact) mass is 342 g/mol. The van der Waals surface area contributed by atoms with Crippen molar-refractivity contribution in [1.82, 2.24) is 25.0 Å². The standard InChI is InChI=1S/C19H14N6O/c20-11-18-19(23-24-22-18)15-3-1-2-14(10-15)12-26-17-6-4-16(5-7-17)25-9-8-21-13-25/h1-10,13H,12H2,(H,22,23,24). The van der Waals surface area contributed by atoms with Crippen molar-refractivity contribution in [1.29, 1.82) is 5.26 Å². The van der Waals surface area contributed by atoms with Crippen LogP contribution in [0.3, 0.4) is 0 Å². The molecule has 0 saturated carbocycles. The number of rotatable bonds is 5. The Balaban J connectivity index is 1.47. The molecule has 26 heavy (non-hydrogen) atoms. The van der Waals surface area contributed by atoms with Crippen LogP contribution >= 0.6 is 0 Å². The first-order valence-corrected chi connectivity index (χ1v) is 7.95. The molecule has 0 aliphatic carbocycles. The molecule has 0 unspecified atom stereocenters. The van der Waals surface area contributed by atoms with Crippen LogP contribution in [0.25, 0.3) is 16.9 Å². The fraction of sp³-hybridized carbons (Fsp3) is 0.0526. The Kier molecular flexibility index (Phi) is 4.14. The molecule has 1 N–H and O–H groups in total. The van der Waals surface area contributed by atoms with Crippen molar-refractivity contribution >= 4 is 0 Å². The number of nitriles is 1. The lowest BCUT2D eigenvalue weighted by Crippen LogP contribution is -1.97. The van der Waals surface area contributed by atoms with E-state index in [0.29, 0.717) is 12.3 Å². The molecule has 0 saturated heterocycles. The van der Waals surface area contributed by atoms with Crippen LogP contribution in [-0.2, 0) is 6.61 Å². The molecule has 7 heteroatoms. The minimum Gasteiger partial charge on any atom is -0.489 e. The van der Waals surface area contributed by atoms with Crippen molar-refractivity contribution < 1.29 is 4.74 Å². The number of benzene rings is 2. The molecule has 0 radical (unpaired) electrons. The molecule has 4 aromatic rings. The van der Waals surface area contributed by atoms with E-state index in [2.05, 4.69) is 20.4 Å². The van der Waals surface area contributed by atoms with Gasteiger partial charge in [-0.1, -0.05) is 18.2 Å². The third kappa shape index (κ3) is 3.16. The largest absolute Gasteiger partial charge is 0.489 e. The maximum absolute atomic E-state index is 9.08. The highest BCUT2D eigenvalue weighted by Crippen LogP contribution is 2.22. The molecule has 0 atom stereocenters. The number of aromatic amines is 1. The Labute approximate surface area is 149 Å². The number of nitrogens with one attached hydrogen (secondary N) is 1. The Hall–Kier alpha value is -3.92. The van der Waals surface area contributed by atoms with Crippen molar-refractivity contribution in [2.45, 2.75) is 6.61 Å². The van der Waals surface area contributed by atoms with E-state index in [-0.39, 0.29) is 5.69 Å². The lowest BCUT2D eigenvalue weighted by molar-refractivity contribution is 0.306. The molecule has 126 valence electrons. The summed E-state index contributed by atoms with van der Waals surface area (Å²) in [5.74, 6) is 0.776. The summed E-state index contributed by atoms with van der Waals surface area (Å²) < 4.78 is 7.79. The number of hydrogen-bond acceptors (Lipinski definition) is 5. The van der Waals surface area contributed by atoms with E-state index in [0.717, 1.165) is 22.6 Å². The molecule has 2 heterocycles. The molecule has 0 amide bonds. The van der Waals surface area contributed by atoms with Crippen LogP contribution in [0.1, 0.15) is 11.3 Å². The summed E-state index contributed by atoms with van der Waals surface area (Å²) in [6, 6.07) is 17.5. The van der Waals surface area contributed by atoms with Gasteiger partial charge in [0.15, 0.2) is 5.69 Å². The van der Waals surface area contributed by atoms with Crippen LogP contribution in [0.5, 0.6) is 5.75 Å². The molecule has 0 aliphatic heterocycles. The van der Waals surface area contributed by atoms with E-state index in [4.69, 9.17) is 10.00 Å². The highest BCUT2D eigenvalue weighted by atomic mass is 16.5. The van der Waals surface area contributed by atoms with Crippen LogP contribution in [0.15, 0.2) is 67.3 Å². The number of H-pyrrole nitrogens is 1. The number of nitrogens with zero attached hydrogens (tertiary/aromatic N) is 5. The summed E-state index contributed by atoms with van der Waals surface area (Å²) in [4.78, 5) is 4.04. The van der Waals surface area contributed by atoms with Gasteiger partial charge in [0.25, 0.3) is 0 Å². The molecule has 0 bridgehead atoms. The van der Waals surface area contributed by atoms with Gasteiger partial charge < -0.3 is 9.30 Å². The summed E-state index contributed by atoms with van der Waals surface area (Å²) in [6.07, 6.45) is 5.38. The first-order chi connectivity index (χ1) is 12.8. The summed E-state index contributed by atoms with van der Waals surface area (Å²) in [7, 11) is 0. The number of imidazole rings is 1. The van der Waals surface area contributed by atoms with Gasteiger partial charge >= 0.3 is 0 Å². The minimum absolute atomic E-state index is 0.276. The second kappa shape index (κ2) is 6.91. The number of aromatic nitrogens is 5. The molecule has 7 nitrogen and oxygen atoms in total. The molecular weight excluding hydrogens is 328 g/mol. The van der Waals surface area contributed by atoms with Crippen LogP contribution in [0.4, 0.5) is 0 Å². The van der Waals surface area contributed by atoms with Crippen molar-refractivity contribution in [3.05, 3.63) is 78.5 Å². The maximum Gasteiger partial charge on any atom is 0.190 e. The van der Waals surface area contributed by atoms with Gasteiger partial charge in [0, 0.05) is 23.6 Å². The molecule has 0 aliphatic rings. The average Bonchev–Trinajstić information content (AvgIpc) is 3.38.